The molecule has 0 N–H and O–H groups in total. The van der Waals surface area contributed by atoms with Gasteiger partial charge in [0.15, 0.2) is 0 Å². The summed E-state index contributed by atoms with van der Waals surface area (Å²) in [6, 6.07) is 58.2. The third kappa shape index (κ3) is 5.29. The second-order valence-electron chi connectivity index (χ2n) is 15.5. The second-order valence-corrected chi connectivity index (χ2v) is 15.5. The zero-order chi connectivity index (χ0) is 38.2. The molecule has 2 aliphatic carbocycles. The number of rotatable bonds is 6. The Hall–Kier alpha value is -7.30. The lowest BCUT2D eigenvalue weighted by Gasteiger charge is -2.27. The molecule has 58 heavy (non-hydrogen) atoms. The Kier molecular flexibility index (Phi) is 7.45. The van der Waals surface area contributed by atoms with Crippen LogP contribution in [0.3, 0.4) is 0 Å². The maximum absolute atomic E-state index is 6.53. The highest BCUT2D eigenvalue weighted by molar-refractivity contribution is 6.09. The monoisotopic (exact) mass is 747 g/mol. The summed E-state index contributed by atoms with van der Waals surface area (Å²) in [5, 5.41) is 2.26. The topological polar surface area (TPSA) is 34.8 Å². The molecule has 7 aromatic carbocycles. The molecule has 0 saturated heterocycles. The first kappa shape index (κ1) is 32.9. The molecule has 0 bridgehead atoms. The van der Waals surface area contributed by atoms with E-state index in [-0.39, 0.29) is 24.0 Å². The zero-order valence-electron chi connectivity index (χ0n) is 31.5. The van der Waals surface area contributed by atoms with Crippen molar-refractivity contribution in [3.05, 3.63) is 223 Å². The van der Waals surface area contributed by atoms with E-state index in [0.29, 0.717) is 0 Å². The van der Waals surface area contributed by atoms with Crippen LogP contribution in [0, 0.1) is 0 Å². The predicted molar refractivity (Wildman–Crippen MR) is 235 cm³/mol. The van der Waals surface area contributed by atoms with Gasteiger partial charge in [-0.05, 0) is 82.9 Å². The fraction of sp³-hybridized carbons (Fsp3) is 0.0741. The highest BCUT2D eigenvalue weighted by Crippen LogP contribution is 2.47. The number of allylic oxidation sites excluding steroid dienone is 4. The lowest BCUT2D eigenvalue weighted by molar-refractivity contribution is 0.269. The fourth-order valence-electron chi connectivity index (χ4n) is 9.39. The number of nitrogens with zero attached hydrogens (tertiary/aromatic N) is 1. The minimum absolute atomic E-state index is 0.0386. The summed E-state index contributed by atoms with van der Waals surface area (Å²) >= 11 is 0. The molecule has 276 valence electrons. The summed E-state index contributed by atoms with van der Waals surface area (Å²) < 4.78 is 19.2. The molecule has 3 heterocycles. The van der Waals surface area contributed by atoms with Crippen molar-refractivity contribution < 1.29 is 13.9 Å². The zero-order valence-corrected chi connectivity index (χ0v) is 31.5. The standard InChI is InChI=1S/C54H37NO3/c1-5-17-50-43(9-1)46-14-7-12-41(53(46)57-50)35-21-28-39(29-22-35)55(38-26-19-34(20-27-38)37-25-32-52-48(33-37)45-11-3-4-16-49(45)56-52)40-30-23-36(24-31-40)42-13-8-15-47-44-10-2-6-18-51(44)58-54(42)47/h1-33,46,48,52-53H. The molecule has 4 atom stereocenters. The summed E-state index contributed by atoms with van der Waals surface area (Å²) in [6.07, 6.45) is 13.4. The minimum Gasteiger partial charge on any atom is -0.485 e. The van der Waals surface area contributed by atoms with Crippen LogP contribution in [-0.4, -0.2) is 12.2 Å². The molecule has 0 amide bonds. The van der Waals surface area contributed by atoms with Crippen molar-refractivity contribution in [3.8, 4) is 22.6 Å². The molecule has 12 rings (SSSR count). The Bertz CT molecular complexity index is 3020. The third-order valence-corrected chi connectivity index (χ3v) is 12.2. The molecule has 0 fully saturated rings. The number of anilines is 3. The molecule has 4 aliphatic rings. The van der Waals surface area contributed by atoms with Crippen molar-refractivity contribution >= 4 is 50.1 Å². The van der Waals surface area contributed by atoms with Gasteiger partial charge in [0, 0.05) is 61.9 Å². The van der Waals surface area contributed by atoms with Crippen molar-refractivity contribution in [2.75, 3.05) is 4.90 Å². The smallest absolute Gasteiger partial charge is 0.143 e. The van der Waals surface area contributed by atoms with Crippen molar-refractivity contribution in [2.45, 2.75) is 24.0 Å². The molecular weight excluding hydrogens is 711 g/mol. The number of benzene rings is 7. The average Bonchev–Trinajstić information content (AvgIpc) is 3.98. The summed E-state index contributed by atoms with van der Waals surface area (Å²) in [4.78, 5) is 2.33. The Morgan fingerprint density at radius 2 is 1.10 bits per heavy atom. The van der Waals surface area contributed by atoms with Gasteiger partial charge in [0.2, 0.25) is 0 Å². The van der Waals surface area contributed by atoms with E-state index in [2.05, 4.69) is 181 Å². The Morgan fingerprint density at radius 3 is 1.86 bits per heavy atom. The van der Waals surface area contributed by atoms with E-state index in [1.807, 2.05) is 24.3 Å². The van der Waals surface area contributed by atoms with Crippen LogP contribution in [0.5, 0.6) is 11.5 Å². The van der Waals surface area contributed by atoms with Crippen LogP contribution in [0.4, 0.5) is 17.1 Å². The van der Waals surface area contributed by atoms with Crippen LogP contribution in [0.2, 0.25) is 0 Å². The SMILES string of the molecule is C1=CC2c3ccccc3OC2C(c2ccc(N(c3ccc(C4=CC5c6ccccc6OC5C=C4)cc3)c3ccc(-c4cccc5c4oc4ccccc45)cc3)cc2)=C1. The van der Waals surface area contributed by atoms with Gasteiger partial charge in [-0.25, -0.2) is 0 Å². The van der Waals surface area contributed by atoms with Crippen molar-refractivity contribution in [2.24, 2.45) is 0 Å². The lowest BCUT2D eigenvalue weighted by Crippen LogP contribution is -2.21. The van der Waals surface area contributed by atoms with Crippen molar-refractivity contribution in [1.82, 2.24) is 0 Å². The summed E-state index contributed by atoms with van der Waals surface area (Å²) in [6.45, 7) is 0. The van der Waals surface area contributed by atoms with E-state index in [9.17, 15) is 0 Å². The molecular formula is C54H37NO3. The Labute approximate surface area is 336 Å². The molecule has 2 aliphatic heterocycles. The van der Waals surface area contributed by atoms with Gasteiger partial charge in [-0.15, -0.1) is 0 Å². The number of para-hydroxylation sites is 4. The van der Waals surface area contributed by atoms with Gasteiger partial charge >= 0.3 is 0 Å². The number of furan rings is 1. The predicted octanol–water partition coefficient (Wildman–Crippen LogP) is 13.7. The maximum atomic E-state index is 6.53. The molecule has 1 aromatic heterocycles. The van der Waals surface area contributed by atoms with Gasteiger partial charge in [0.05, 0.1) is 0 Å². The van der Waals surface area contributed by atoms with Gasteiger partial charge in [0.25, 0.3) is 0 Å². The largest absolute Gasteiger partial charge is 0.485 e. The minimum atomic E-state index is -0.0386. The van der Waals surface area contributed by atoms with Crippen LogP contribution in [0.25, 0.3) is 44.2 Å². The Morgan fingerprint density at radius 1 is 0.483 bits per heavy atom. The molecule has 4 unspecified atom stereocenters. The molecule has 0 spiro atoms. The van der Waals surface area contributed by atoms with Gasteiger partial charge in [-0.1, -0.05) is 140 Å². The number of ether oxygens (including phenoxy) is 2. The van der Waals surface area contributed by atoms with Crippen molar-refractivity contribution in [1.29, 1.82) is 0 Å². The van der Waals surface area contributed by atoms with E-state index in [4.69, 9.17) is 13.9 Å². The Balaban J connectivity index is 0.902. The van der Waals surface area contributed by atoms with Gasteiger partial charge in [-0.3, -0.25) is 0 Å². The molecule has 0 saturated carbocycles. The summed E-state index contributed by atoms with van der Waals surface area (Å²) in [5.41, 5.74) is 14.5. The van der Waals surface area contributed by atoms with Crippen LogP contribution in [-0.2, 0) is 0 Å². The number of hydrogen-bond donors (Lipinski definition) is 0. The van der Waals surface area contributed by atoms with Gasteiger partial charge in [-0.2, -0.15) is 0 Å². The molecule has 4 nitrogen and oxygen atoms in total. The first-order valence-corrected chi connectivity index (χ1v) is 20.0. The van der Waals surface area contributed by atoms with E-state index in [1.165, 1.54) is 27.8 Å². The highest BCUT2D eigenvalue weighted by Gasteiger charge is 2.37. The van der Waals surface area contributed by atoms with E-state index in [1.54, 1.807) is 0 Å². The first-order chi connectivity index (χ1) is 28.7. The van der Waals surface area contributed by atoms with E-state index in [0.717, 1.165) is 67.2 Å². The van der Waals surface area contributed by atoms with Crippen LogP contribution < -0.4 is 14.4 Å². The quantitative estimate of drug-likeness (QED) is 0.170. The highest BCUT2D eigenvalue weighted by atomic mass is 16.5. The van der Waals surface area contributed by atoms with E-state index < -0.39 is 0 Å². The van der Waals surface area contributed by atoms with Crippen molar-refractivity contribution in [3.63, 3.8) is 0 Å². The fourth-order valence-corrected chi connectivity index (χ4v) is 9.39. The van der Waals surface area contributed by atoms with E-state index >= 15 is 0 Å². The normalized spacial score (nSPS) is 19.7. The van der Waals surface area contributed by atoms with Crippen LogP contribution >= 0.6 is 0 Å². The molecule has 4 heteroatoms. The lowest BCUT2D eigenvalue weighted by atomic mass is 9.84. The maximum Gasteiger partial charge on any atom is 0.143 e. The van der Waals surface area contributed by atoms with Crippen LogP contribution in [0.1, 0.15) is 34.1 Å². The van der Waals surface area contributed by atoms with Crippen LogP contribution in [0.15, 0.2) is 205 Å². The second kappa shape index (κ2) is 13.1. The number of fused-ring (bicyclic) bond motifs is 9. The summed E-state index contributed by atoms with van der Waals surface area (Å²) in [5.74, 6) is 2.38. The summed E-state index contributed by atoms with van der Waals surface area (Å²) in [7, 11) is 0. The third-order valence-electron chi connectivity index (χ3n) is 12.2. The first-order valence-electron chi connectivity index (χ1n) is 20.0. The van der Waals surface area contributed by atoms with Gasteiger partial charge in [0.1, 0.15) is 34.9 Å². The molecule has 0 radical (unpaired) electrons. The van der Waals surface area contributed by atoms with Gasteiger partial charge < -0.3 is 18.8 Å². The number of hydrogen-bond acceptors (Lipinski definition) is 4. The molecule has 8 aromatic rings. The average molecular weight is 748 g/mol.